The first kappa shape index (κ1) is 23.3. The Morgan fingerprint density at radius 1 is 1.24 bits per heavy atom. The molecule has 3 heterocycles. The molecule has 2 saturated heterocycles. The third kappa shape index (κ3) is 4.90. The lowest BCUT2D eigenvalue weighted by Gasteiger charge is -2.34. The van der Waals surface area contributed by atoms with E-state index in [2.05, 4.69) is 10.1 Å². The number of hydrogen-bond acceptors (Lipinski definition) is 8. The van der Waals surface area contributed by atoms with Gasteiger partial charge in [-0.3, -0.25) is 9.69 Å². The highest BCUT2D eigenvalue weighted by molar-refractivity contribution is 5.89. The van der Waals surface area contributed by atoms with Crippen LogP contribution in [0.25, 0.3) is 0 Å². The maximum atomic E-state index is 12.4. The molecule has 0 bridgehead atoms. The number of esters is 2. The Morgan fingerprint density at radius 3 is 2.76 bits per heavy atom. The van der Waals surface area contributed by atoms with Gasteiger partial charge < -0.3 is 18.7 Å². The molecule has 2 aliphatic heterocycles. The van der Waals surface area contributed by atoms with Gasteiger partial charge in [0.25, 0.3) is 5.88 Å². The van der Waals surface area contributed by atoms with E-state index in [4.69, 9.17) is 18.7 Å². The average Bonchev–Trinajstić information content (AvgIpc) is 3.52. The van der Waals surface area contributed by atoms with Gasteiger partial charge in [0, 0.05) is 12.1 Å². The highest BCUT2D eigenvalue weighted by Crippen LogP contribution is 2.43. The Balaban J connectivity index is 1.34. The molecule has 8 nitrogen and oxygen atoms in total. The van der Waals surface area contributed by atoms with Gasteiger partial charge in [-0.05, 0) is 55.4 Å². The molecular weight excluding hydrogens is 424 g/mol. The smallest absolute Gasteiger partial charge is 0.338 e. The van der Waals surface area contributed by atoms with Gasteiger partial charge in [-0.2, -0.15) is 0 Å². The first-order chi connectivity index (χ1) is 15.9. The normalized spacial score (nSPS) is 23.3. The minimum Gasteiger partial charge on any atom is -0.474 e. The van der Waals surface area contributed by atoms with Crippen LogP contribution in [-0.4, -0.2) is 60.4 Å². The molecule has 0 amide bonds. The monoisotopic (exact) mass is 456 g/mol. The summed E-state index contributed by atoms with van der Waals surface area (Å²) < 4.78 is 22.0. The fourth-order valence-electron chi connectivity index (χ4n) is 5.16. The summed E-state index contributed by atoms with van der Waals surface area (Å²) in [6.45, 7) is 5.67. The number of hydrogen-bond donors (Lipinski definition) is 0. The number of carbonyl (C=O) groups excluding carboxylic acids is 2. The van der Waals surface area contributed by atoms with Crippen molar-refractivity contribution in [2.75, 3.05) is 26.9 Å². The Morgan fingerprint density at radius 2 is 2.03 bits per heavy atom. The molecular formula is C25H32N2O6. The van der Waals surface area contributed by atoms with Crippen molar-refractivity contribution in [3.05, 3.63) is 47.7 Å². The lowest BCUT2D eigenvalue weighted by molar-refractivity contribution is -0.144. The predicted molar refractivity (Wildman–Crippen MR) is 120 cm³/mol. The number of nitrogens with zero attached hydrogens (tertiary/aromatic N) is 2. The number of ether oxygens (including phenoxy) is 3. The lowest BCUT2D eigenvalue weighted by Crippen LogP contribution is -2.47. The Kier molecular flexibility index (Phi) is 7.02. The Bertz CT molecular complexity index is 959. The highest BCUT2D eigenvalue weighted by atomic mass is 16.5. The van der Waals surface area contributed by atoms with Crippen LogP contribution < -0.4 is 4.74 Å². The van der Waals surface area contributed by atoms with Crippen LogP contribution in [0.4, 0.5) is 0 Å². The van der Waals surface area contributed by atoms with Gasteiger partial charge in [0.1, 0.15) is 19.1 Å². The molecule has 1 aromatic heterocycles. The molecule has 3 atom stereocenters. The third-order valence-electron chi connectivity index (χ3n) is 6.87. The van der Waals surface area contributed by atoms with E-state index >= 15 is 0 Å². The zero-order valence-electron chi connectivity index (χ0n) is 19.5. The number of rotatable bonds is 9. The van der Waals surface area contributed by atoms with Gasteiger partial charge in [-0.25, -0.2) is 4.79 Å². The van der Waals surface area contributed by atoms with Crippen LogP contribution >= 0.6 is 0 Å². The first-order valence-electron chi connectivity index (χ1n) is 11.6. The molecule has 0 spiro atoms. The van der Waals surface area contributed by atoms with Gasteiger partial charge in [-0.1, -0.05) is 32.0 Å². The topological polar surface area (TPSA) is 91.1 Å². The minimum atomic E-state index is -0.517. The Hall–Kier alpha value is -2.87. The Labute approximate surface area is 194 Å². The van der Waals surface area contributed by atoms with E-state index in [-0.39, 0.29) is 29.4 Å². The van der Waals surface area contributed by atoms with Gasteiger partial charge in [0.05, 0.1) is 18.2 Å². The standard InChI is InChI=1S/C25H32N2O6/c1-17(2)22(24(29)30-3)20-14-21(26-33-20)31-15-19-10-12-25(11-7-13-27(19)25)16-32-23(28)18-8-5-4-6-9-18/h4-6,8-9,14,17,19,22H,7,10-13,15-16H2,1-3H3/t19-,22?,25+/m0/s1. The van der Waals surface area contributed by atoms with E-state index in [0.29, 0.717) is 30.4 Å². The van der Waals surface area contributed by atoms with Crippen molar-refractivity contribution < 1.29 is 28.3 Å². The second-order valence-electron chi connectivity index (χ2n) is 9.28. The van der Waals surface area contributed by atoms with Crippen molar-refractivity contribution in [2.45, 2.75) is 57.0 Å². The quantitative estimate of drug-likeness (QED) is 0.526. The number of methoxy groups -OCH3 is 1. The van der Waals surface area contributed by atoms with Crippen LogP contribution in [0.3, 0.4) is 0 Å². The fraction of sp³-hybridized carbons (Fsp3) is 0.560. The third-order valence-corrected chi connectivity index (χ3v) is 6.87. The molecule has 0 N–H and O–H groups in total. The molecule has 33 heavy (non-hydrogen) atoms. The molecule has 0 saturated carbocycles. The summed E-state index contributed by atoms with van der Waals surface area (Å²) in [5.74, 6) is -0.325. The number of fused-ring (bicyclic) bond motifs is 1. The van der Waals surface area contributed by atoms with Crippen molar-refractivity contribution in [3.63, 3.8) is 0 Å². The van der Waals surface area contributed by atoms with Crippen LogP contribution in [0.5, 0.6) is 5.88 Å². The van der Waals surface area contributed by atoms with Crippen LogP contribution in [-0.2, 0) is 14.3 Å². The first-order valence-corrected chi connectivity index (χ1v) is 11.6. The molecule has 0 aliphatic carbocycles. The molecule has 1 aromatic carbocycles. The second-order valence-corrected chi connectivity index (χ2v) is 9.28. The van der Waals surface area contributed by atoms with Gasteiger partial charge in [0.2, 0.25) is 0 Å². The summed E-state index contributed by atoms with van der Waals surface area (Å²) in [6.07, 6.45) is 4.01. The minimum absolute atomic E-state index is 0.0110. The van der Waals surface area contributed by atoms with Crippen LogP contribution in [0.15, 0.2) is 40.9 Å². The van der Waals surface area contributed by atoms with Crippen molar-refractivity contribution in [1.29, 1.82) is 0 Å². The summed E-state index contributed by atoms with van der Waals surface area (Å²) in [7, 11) is 1.37. The second kappa shape index (κ2) is 9.95. The summed E-state index contributed by atoms with van der Waals surface area (Å²) in [4.78, 5) is 27.0. The molecule has 4 rings (SSSR count). The molecule has 2 fully saturated rings. The largest absolute Gasteiger partial charge is 0.474 e. The van der Waals surface area contributed by atoms with E-state index in [9.17, 15) is 9.59 Å². The van der Waals surface area contributed by atoms with Crippen LogP contribution in [0.1, 0.15) is 61.6 Å². The summed E-state index contributed by atoms with van der Waals surface area (Å²) in [5.41, 5.74) is 0.450. The fourth-order valence-corrected chi connectivity index (χ4v) is 5.16. The highest BCUT2D eigenvalue weighted by Gasteiger charge is 2.50. The summed E-state index contributed by atoms with van der Waals surface area (Å²) in [6, 6.07) is 11.0. The maximum Gasteiger partial charge on any atom is 0.338 e. The van der Waals surface area contributed by atoms with Gasteiger partial charge >= 0.3 is 11.9 Å². The van der Waals surface area contributed by atoms with Crippen LogP contribution in [0, 0.1) is 5.92 Å². The molecule has 8 heteroatoms. The zero-order valence-corrected chi connectivity index (χ0v) is 19.5. The van der Waals surface area contributed by atoms with Gasteiger partial charge in [-0.15, -0.1) is 0 Å². The van der Waals surface area contributed by atoms with Crippen molar-refractivity contribution >= 4 is 11.9 Å². The number of benzene rings is 1. The SMILES string of the molecule is COC(=O)C(c1cc(OC[C@@H]2CC[C@@]3(COC(=O)c4ccccc4)CCCN23)no1)C(C)C. The molecule has 1 unspecified atom stereocenters. The summed E-state index contributed by atoms with van der Waals surface area (Å²) in [5, 5.41) is 4.00. The van der Waals surface area contributed by atoms with Crippen molar-refractivity contribution in [3.8, 4) is 5.88 Å². The van der Waals surface area contributed by atoms with E-state index in [1.165, 1.54) is 7.11 Å². The number of aromatic nitrogens is 1. The average molecular weight is 457 g/mol. The summed E-state index contributed by atoms with van der Waals surface area (Å²) >= 11 is 0. The van der Waals surface area contributed by atoms with Crippen LogP contribution in [0.2, 0.25) is 0 Å². The molecule has 178 valence electrons. The van der Waals surface area contributed by atoms with E-state index in [1.54, 1.807) is 18.2 Å². The zero-order chi connectivity index (χ0) is 23.4. The molecule has 2 aliphatic rings. The molecule has 2 aromatic rings. The predicted octanol–water partition coefficient (Wildman–Crippen LogP) is 3.82. The number of carbonyl (C=O) groups is 2. The van der Waals surface area contributed by atoms with Gasteiger partial charge in [0.15, 0.2) is 5.76 Å². The van der Waals surface area contributed by atoms with Crippen molar-refractivity contribution in [2.24, 2.45) is 5.92 Å². The maximum absolute atomic E-state index is 12.4. The lowest BCUT2D eigenvalue weighted by atomic mass is 9.93. The molecule has 0 radical (unpaired) electrons. The van der Waals surface area contributed by atoms with E-state index in [0.717, 1.165) is 32.2 Å². The van der Waals surface area contributed by atoms with Crippen molar-refractivity contribution in [1.82, 2.24) is 10.1 Å². The van der Waals surface area contributed by atoms with E-state index in [1.807, 2.05) is 32.0 Å². The van der Waals surface area contributed by atoms with E-state index < -0.39 is 5.92 Å².